The van der Waals surface area contributed by atoms with Gasteiger partial charge in [-0.3, -0.25) is 9.69 Å². The molecule has 0 aliphatic carbocycles. The number of carbonyl (C=O) groups is 1. The van der Waals surface area contributed by atoms with Crippen molar-refractivity contribution in [2.45, 2.75) is 13.5 Å². The third-order valence-corrected chi connectivity index (χ3v) is 7.59. The molecule has 0 spiro atoms. The van der Waals surface area contributed by atoms with E-state index in [0.29, 0.717) is 37.8 Å². The summed E-state index contributed by atoms with van der Waals surface area (Å²) >= 11 is 6.39. The lowest BCUT2D eigenvalue weighted by atomic mass is 10.2. The highest BCUT2D eigenvalue weighted by molar-refractivity contribution is 6.33. The van der Waals surface area contributed by atoms with Crippen molar-refractivity contribution < 1.29 is 9.18 Å². The van der Waals surface area contributed by atoms with Gasteiger partial charge < -0.3 is 19.3 Å². The largest absolute Gasteiger partial charge is 0.368 e. The van der Waals surface area contributed by atoms with Gasteiger partial charge in [-0.05, 0) is 30.7 Å². The molecule has 2 aliphatic rings. The number of nitrogens with zero attached hydrogens (tertiary/aromatic N) is 7. The van der Waals surface area contributed by atoms with Crippen LogP contribution in [0.15, 0.2) is 42.7 Å². The van der Waals surface area contributed by atoms with Gasteiger partial charge in [0.15, 0.2) is 5.82 Å². The number of rotatable bonds is 5. The summed E-state index contributed by atoms with van der Waals surface area (Å²) in [5, 5.41) is 0.791. The molecule has 2 fully saturated rings. The normalized spacial score (nSPS) is 17.1. The van der Waals surface area contributed by atoms with Crippen LogP contribution >= 0.6 is 11.6 Å². The highest BCUT2D eigenvalue weighted by Crippen LogP contribution is 2.27. The number of amides is 1. The third kappa shape index (κ3) is 5.03. The Hall–Kier alpha value is -3.17. The van der Waals surface area contributed by atoms with Gasteiger partial charge in [0.1, 0.15) is 5.69 Å². The number of hydrogen-bond acceptors (Lipinski definition) is 6. The minimum Gasteiger partial charge on any atom is -0.368 e. The average molecular weight is 512 g/mol. The Morgan fingerprint density at radius 2 is 1.61 bits per heavy atom. The average Bonchev–Trinajstić information content (AvgIpc) is 3.18. The molecule has 2 aromatic heterocycles. The molecule has 5 rings (SSSR count). The molecule has 8 nitrogen and oxygen atoms in total. The molecule has 0 atom stereocenters. The molecule has 1 aromatic carbocycles. The molecule has 0 saturated carbocycles. The molecular formula is C26H31ClFN7O. The molecule has 36 heavy (non-hydrogen) atoms. The zero-order valence-corrected chi connectivity index (χ0v) is 21.5. The molecule has 10 heteroatoms. The van der Waals surface area contributed by atoms with Crippen molar-refractivity contribution in [1.29, 1.82) is 0 Å². The first kappa shape index (κ1) is 24.5. The van der Waals surface area contributed by atoms with Gasteiger partial charge in [0.05, 0.1) is 23.1 Å². The van der Waals surface area contributed by atoms with E-state index in [4.69, 9.17) is 11.6 Å². The fraction of sp³-hybridized carbons (Fsp3) is 0.423. The van der Waals surface area contributed by atoms with Crippen LogP contribution in [0.4, 0.5) is 16.0 Å². The number of piperazine rings is 2. The van der Waals surface area contributed by atoms with Crippen molar-refractivity contribution in [1.82, 2.24) is 24.3 Å². The predicted octanol–water partition coefficient (Wildman–Crippen LogP) is 3.20. The second kappa shape index (κ2) is 10.4. The fourth-order valence-corrected chi connectivity index (χ4v) is 5.22. The second-order valence-electron chi connectivity index (χ2n) is 9.39. The summed E-state index contributed by atoms with van der Waals surface area (Å²) in [6, 6.07) is 10.0. The van der Waals surface area contributed by atoms with E-state index in [9.17, 15) is 9.18 Å². The number of halogens is 2. The van der Waals surface area contributed by atoms with Gasteiger partial charge in [0.2, 0.25) is 5.95 Å². The van der Waals surface area contributed by atoms with Crippen molar-refractivity contribution in [3.8, 4) is 0 Å². The zero-order valence-electron chi connectivity index (χ0n) is 20.7. The molecule has 4 heterocycles. The highest BCUT2D eigenvalue weighted by Gasteiger charge is 2.27. The van der Waals surface area contributed by atoms with Crippen molar-refractivity contribution in [3.05, 3.63) is 70.5 Å². The smallest absolute Gasteiger partial charge is 0.270 e. The SMILES string of the molecule is Cc1c(CN2CCN(c3ccccc3Cl)CC2)cc(C(=O)N2CCN(c3ncc(F)cn3)CC2)n1C. The highest BCUT2D eigenvalue weighted by atomic mass is 35.5. The number of aromatic nitrogens is 3. The maximum atomic E-state index is 13.4. The first-order chi connectivity index (χ1) is 17.4. The van der Waals surface area contributed by atoms with Crippen LogP contribution in [0.25, 0.3) is 0 Å². The summed E-state index contributed by atoms with van der Waals surface area (Å²) in [4.78, 5) is 30.1. The third-order valence-electron chi connectivity index (χ3n) is 7.28. The van der Waals surface area contributed by atoms with E-state index in [1.165, 1.54) is 18.0 Å². The Morgan fingerprint density at radius 1 is 0.972 bits per heavy atom. The van der Waals surface area contributed by atoms with Crippen molar-refractivity contribution in [3.63, 3.8) is 0 Å². The standard InChI is InChI=1S/C26H31ClFN7O/c1-19-20(18-32-7-9-33(10-8-32)23-6-4-3-5-22(23)27)15-24(31(19)2)25(36)34-11-13-35(14-12-34)26-29-16-21(28)17-30-26/h3-6,15-17H,7-14,18H2,1-2H3. The lowest BCUT2D eigenvalue weighted by Gasteiger charge is -2.36. The molecule has 2 saturated heterocycles. The summed E-state index contributed by atoms with van der Waals surface area (Å²) < 4.78 is 15.1. The molecule has 2 aliphatic heterocycles. The van der Waals surface area contributed by atoms with Crippen LogP contribution in [0.5, 0.6) is 0 Å². The van der Waals surface area contributed by atoms with Crippen molar-refractivity contribution in [2.75, 3.05) is 62.2 Å². The van der Waals surface area contributed by atoms with Gasteiger partial charge in [-0.25, -0.2) is 14.4 Å². The number of benzene rings is 1. The molecular weight excluding hydrogens is 481 g/mol. The predicted molar refractivity (Wildman–Crippen MR) is 139 cm³/mol. The van der Waals surface area contributed by atoms with E-state index in [0.717, 1.165) is 49.1 Å². The quantitative estimate of drug-likeness (QED) is 0.524. The molecule has 190 valence electrons. The van der Waals surface area contributed by atoms with Gasteiger partial charge in [-0.2, -0.15) is 0 Å². The fourth-order valence-electron chi connectivity index (χ4n) is 4.96. The number of para-hydroxylation sites is 1. The van der Waals surface area contributed by atoms with Crippen LogP contribution in [0.1, 0.15) is 21.7 Å². The Bertz CT molecular complexity index is 1220. The monoisotopic (exact) mass is 511 g/mol. The van der Waals surface area contributed by atoms with E-state index < -0.39 is 5.82 Å². The van der Waals surface area contributed by atoms with Gasteiger partial charge in [0.25, 0.3) is 5.91 Å². The number of hydrogen-bond donors (Lipinski definition) is 0. The maximum Gasteiger partial charge on any atom is 0.270 e. The van der Waals surface area contributed by atoms with Gasteiger partial charge in [0, 0.05) is 71.6 Å². The summed E-state index contributed by atoms with van der Waals surface area (Å²) in [5.41, 5.74) is 4.10. The van der Waals surface area contributed by atoms with E-state index in [-0.39, 0.29) is 5.91 Å². The Labute approximate surface area is 215 Å². The van der Waals surface area contributed by atoms with Crippen LogP contribution in [-0.4, -0.2) is 82.6 Å². The molecule has 3 aromatic rings. The maximum absolute atomic E-state index is 13.4. The summed E-state index contributed by atoms with van der Waals surface area (Å²) in [6.07, 6.45) is 2.34. The van der Waals surface area contributed by atoms with Gasteiger partial charge in [-0.1, -0.05) is 23.7 Å². The lowest BCUT2D eigenvalue weighted by Crippen LogP contribution is -2.49. The van der Waals surface area contributed by atoms with Crippen LogP contribution < -0.4 is 9.80 Å². The molecule has 0 radical (unpaired) electrons. The number of anilines is 2. The van der Waals surface area contributed by atoms with Gasteiger partial charge in [-0.15, -0.1) is 0 Å². The minimum absolute atomic E-state index is 0.0371. The van der Waals surface area contributed by atoms with Crippen LogP contribution in [-0.2, 0) is 13.6 Å². The second-order valence-corrected chi connectivity index (χ2v) is 9.80. The molecule has 0 N–H and O–H groups in total. The Morgan fingerprint density at radius 3 is 2.28 bits per heavy atom. The minimum atomic E-state index is -0.454. The topological polar surface area (TPSA) is 60.7 Å². The number of carbonyl (C=O) groups excluding carboxylic acids is 1. The first-order valence-corrected chi connectivity index (χ1v) is 12.7. The van der Waals surface area contributed by atoms with E-state index in [1.807, 2.05) is 45.7 Å². The summed E-state index contributed by atoms with van der Waals surface area (Å²) in [7, 11) is 1.96. The van der Waals surface area contributed by atoms with Gasteiger partial charge >= 0.3 is 0 Å². The van der Waals surface area contributed by atoms with Crippen LogP contribution in [0.2, 0.25) is 5.02 Å². The Balaban J connectivity index is 1.19. The molecule has 1 amide bonds. The van der Waals surface area contributed by atoms with E-state index in [1.54, 1.807) is 0 Å². The van der Waals surface area contributed by atoms with Crippen molar-refractivity contribution in [2.24, 2.45) is 7.05 Å². The lowest BCUT2D eigenvalue weighted by molar-refractivity contribution is 0.0736. The van der Waals surface area contributed by atoms with Crippen molar-refractivity contribution >= 4 is 29.1 Å². The molecule has 0 bridgehead atoms. The summed E-state index contributed by atoms with van der Waals surface area (Å²) in [5.74, 6) is 0.0788. The first-order valence-electron chi connectivity index (χ1n) is 12.3. The summed E-state index contributed by atoms with van der Waals surface area (Å²) in [6.45, 7) is 8.99. The van der Waals surface area contributed by atoms with Crippen LogP contribution in [0, 0.1) is 12.7 Å². The zero-order chi connectivity index (χ0) is 25.2. The van der Waals surface area contributed by atoms with Crippen LogP contribution in [0.3, 0.4) is 0 Å². The van der Waals surface area contributed by atoms with E-state index >= 15 is 0 Å². The molecule has 0 unspecified atom stereocenters. The Kier molecular flexibility index (Phi) is 7.11. The van der Waals surface area contributed by atoms with E-state index in [2.05, 4.69) is 32.8 Å².